The maximum atomic E-state index is 13.0. The van der Waals surface area contributed by atoms with Crippen LogP contribution in [0.4, 0.5) is 5.95 Å². The highest BCUT2D eigenvalue weighted by molar-refractivity contribution is 6.30. The first kappa shape index (κ1) is 19.6. The van der Waals surface area contributed by atoms with Crippen molar-refractivity contribution in [1.82, 2.24) is 14.8 Å². The lowest BCUT2D eigenvalue weighted by molar-refractivity contribution is -0.116. The number of ether oxygens (including phenoxy) is 2. The molecular formula is C23H21ClN4O3. The number of hydrogen-bond donors (Lipinski definition) is 1. The van der Waals surface area contributed by atoms with E-state index in [1.54, 1.807) is 31.0 Å². The number of fused-ring (bicyclic) bond motifs is 1. The number of nitrogens with zero attached hydrogens (tertiary/aromatic N) is 3. The van der Waals surface area contributed by atoms with Gasteiger partial charge in [-0.3, -0.25) is 4.79 Å². The van der Waals surface area contributed by atoms with Crippen molar-refractivity contribution < 1.29 is 14.3 Å². The lowest BCUT2D eigenvalue weighted by atomic mass is 9.85. The van der Waals surface area contributed by atoms with E-state index in [1.165, 1.54) is 0 Å². The van der Waals surface area contributed by atoms with Crippen molar-refractivity contribution in [1.29, 1.82) is 0 Å². The molecule has 1 atom stereocenters. The normalized spacial score (nSPS) is 17.6. The van der Waals surface area contributed by atoms with Gasteiger partial charge in [-0.25, -0.2) is 4.68 Å². The molecule has 2 heterocycles. The number of Topliss-reactive ketones (excluding diaryl/α,β-unsaturated/α-hetero) is 1. The van der Waals surface area contributed by atoms with Gasteiger partial charge in [0.05, 0.1) is 14.2 Å². The highest BCUT2D eigenvalue weighted by Crippen LogP contribution is 2.45. The minimum absolute atomic E-state index is 0.109. The van der Waals surface area contributed by atoms with Gasteiger partial charge < -0.3 is 14.8 Å². The average Bonchev–Trinajstić information content (AvgIpc) is 3.21. The number of nitrogens with one attached hydrogen (secondary N) is 1. The van der Waals surface area contributed by atoms with E-state index in [-0.39, 0.29) is 5.78 Å². The number of hydrogen-bond acceptors (Lipinski definition) is 6. The number of para-hydroxylation sites is 1. The molecule has 8 heteroatoms. The SMILES string of the molecule is COc1cccc(C2C3=C(CCCC3=O)Nc3nc(-c4ccc(Cl)cc4)nn32)c1OC. The van der Waals surface area contributed by atoms with Crippen molar-refractivity contribution >= 4 is 23.3 Å². The smallest absolute Gasteiger partial charge is 0.226 e. The van der Waals surface area contributed by atoms with Gasteiger partial charge in [-0.1, -0.05) is 23.7 Å². The number of ketones is 1. The fraction of sp³-hybridized carbons (Fsp3) is 0.261. The molecule has 1 unspecified atom stereocenters. The van der Waals surface area contributed by atoms with E-state index in [4.69, 9.17) is 31.2 Å². The van der Waals surface area contributed by atoms with Crippen LogP contribution in [0.15, 0.2) is 53.7 Å². The lowest BCUT2D eigenvalue weighted by Gasteiger charge is -2.32. The minimum Gasteiger partial charge on any atom is -0.493 e. The second-order valence-electron chi connectivity index (χ2n) is 7.49. The number of anilines is 1. The summed E-state index contributed by atoms with van der Waals surface area (Å²) in [5.41, 5.74) is 3.25. The molecule has 1 N–H and O–H groups in total. The number of rotatable bonds is 4. The standard InChI is InChI=1S/C23H21ClN4O3/c1-30-18-8-3-5-15(21(18)31-2)20-19-16(6-4-7-17(19)29)25-23-26-22(27-28(20)23)13-9-11-14(24)12-10-13/h3,5,8-12,20H,4,6-7H2,1-2H3,(H,25,26,27). The molecule has 1 aliphatic carbocycles. The highest BCUT2D eigenvalue weighted by Gasteiger charge is 2.38. The molecule has 0 saturated carbocycles. The Morgan fingerprint density at radius 1 is 1.10 bits per heavy atom. The summed E-state index contributed by atoms with van der Waals surface area (Å²) < 4.78 is 13.0. The molecule has 0 fully saturated rings. The molecular weight excluding hydrogens is 416 g/mol. The van der Waals surface area contributed by atoms with Crippen LogP contribution in [-0.2, 0) is 4.79 Å². The van der Waals surface area contributed by atoms with E-state index in [9.17, 15) is 4.79 Å². The third kappa shape index (κ3) is 3.25. The van der Waals surface area contributed by atoms with Crippen LogP contribution < -0.4 is 14.8 Å². The predicted octanol–water partition coefficient (Wildman–Crippen LogP) is 4.64. The Hall–Kier alpha value is -3.32. The van der Waals surface area contributed by atoms with Gasteiger partial charge in [-0.2, -0.15) is 4.98 Å². The second kappa shape index (κ2) is 7.74. The summed E-state index contributed by atoms with van der Waals surface area (Å²) in [5, 5.41) is 8.77. The highest BCUT2D eigenvalue weighted by atomic mass is 35.5. The van der Waals surface area contributed by atoms with Gasteiger partial charge in [0.15, 0.2) is 23.1 Å². The van der Waals surface area contributed by atoms with Crippen LogP contribution in [-0.4, -0.2) is 34.8 Å². The van der Waals surface area contributed by atoms with Crippen LogP contribution in [0.3, 0.4) is 0 Å². The van der Waals surface area contributed by atoms with Gasteiger partial charge in [0.2, 0.25) is 5.95 Å². The van der Waals surface area contributed by atoms with E-state index >= 15 is 0 Å². The van der Waals surface area contributed by atoms with E-state index in [0.29, 0.717) is 40.3 Å². The van der Waals surface area contributed by atoms with Crippen LogP contribution in [0, 0.1) is 0 Å². The summed E-state index contributed by atoms with van der Waals surface area (Å²) in [6.45, 7) is 0. The monoisotopic (exact) mass is 436 g/mol. The van der Waals surface area contributed by atoms with Crippen LogP contribution in [0.25, 0.3) is 11.4 Å². The molecule has 0 saturated heterocycles. The average molecular weight is 437 g/mol. The van der Waals surface area contributed by atoms with Crippen LogP contribution in [0.2, 0.25) is 5.02 Å². The molecule has 1 aliphatic heterocycles. The number of methoxy groups -OCH3 is 2. The van der Waals surface area contributed by atoms with Gasteiger partial charge >= 0.3 is 0 Å². The Morgan fingerprint density at radius 2 is 1.90 bits per heavy atom. The first-order valence-corrected chi connectivity index (χ1v) is 10.4. The Bertz CT molecular complexity index is 1200. The zero-order valence-corrected chi connectivity index (χ0v) is 17.9. The minimum atomic E-state index is -0.461. The van der Waals surface area contributed by atoms with Crippen molar-refractivity contribution in [2.24, 2.45) is 0 Å². The van der Waals surface area contributed by atoms with Crippen molar-refractivity contribution in [2.45, 2.75) is 25.3 Å². The number of allylic oxidation sites excluding steroid dienone is 2. The summed E-state index contributed by atoms with van der Waals surface area (Å²) >= 11 is 6.04. The summed E-state index contributed by atoms with van der Waals surface area (Å²) in [7, 11) is 3.20. The maximum Gasteiger partial charge on any atom is 0.226 e. The van der Waals surface area contributed by atoms with Crippen molar-refractivity contribution in [3.63, 3.8) is 0 Å². The zero-order chi connectivity index (χ0) is 21.5. The zero-order valence-electron chi connectivity index (χ0n) is 17.2. The molecule has 7 nitrogen and oxygen atoms in total. The van der Waals surface area contributed by atoms with Crippen LogP contribution >= 0.6 is 11.6 Å². The van der Waals surface area contributed by atoms with E-state index in [1.807, 2.05) is 30.3 Å². The van der Waals surface area contributed by atoms with Crippen molar-refractivity contribution in [2.75, 3.05) is 19.5 Å². The molecule has 0 amide bonds. The van der Waals surface area contributed by atoms with Gasteiger partial charge in [-0.15, -0.1) is 5.10 Å². The Labute approximate surface area is 184 Å². The number of halogens is 1. The molecule has 0 radical (unpaired) electrons. The van der Waals surface area contributed by atoms with Crippen molar-refractivity contribution in [3.05, 3.63) is 64.3 Å². The number of carbonyl (C=O) groups is 1. The molecule has 158 valence electrons. The summed E-state index contributed by atoms with van der Waals surface area (Å²) in [6, 6.07) is 12.6. The Balaban J connectivity index is 1.71. The van der Waals surface area contributed by atoms with E-state index in [0.717, 1.165) is 29.7 Å². The molecule has 2 aliphatic rings. The van der Waals surface area contributed by atoms with Gasteiger partial charge in [0.25, 0.3) is 0 Å². The molecule has 0 spiro atoms. The fourth-order valence-corrected chi connectivity index (χ4v) is 4.42. The molecule has 5 rings (SSSR count). The number of carbonyl (C=O) groups excluding carboxylic acids is 1. The van der Waals surface area contributed by atoms with Gasteiger partial charge in [0.1, 0.15) is 6.04 Å². The third-order valence-electron chi connectivity index (χ3n) is 5.70. The number of aromatic nitrogens is 3. The van der Waals surface area contributed by atoms with Gasteiger partial charge in [0, 0.05) is 33.8 Å². The molecule has 31 heavy (non-hydrogen) atoms. The molecule has 1 aromatic heterocycles. The first-order valence-electron chi connectivity index (χ1n) is 10.1. The summed E-state index contributed by atoms with van der Waals surface area (Å²) in [6.07, 6.45) is 2.11. The molecule has 3 aromatic rings. The van der Waals surface area contributed by atoms with Crippen LogP contribution in [0.5, 0.6) is 11.5 Å². The topological polar surface area (TPSA) is 78.3 Å². The lowest BCUT2D eigenvalue weighted by Crippen LogP contribution is -2.31. The Kier molecular flexibility index (Phi) is 4.90. The molecule has 2 aromatic carbocycles. The summed E-state index contributed by atoms with van der Waals surface area (Å²) in [4.78, 5) is 17.8. The van der Waals surface area contributed by atoms with Crippen molar-refractivity contribution in [3.8, 4) is 22.9 Å². The molecule has 0 bridgehead atoms. The third-order valence-corrected chi connectivity index (χ3v) is 5.95. The largest absolute Gasteiger partial charge is 0.493 e. The van der Waals surface area contributed by atoms with Crippen LogP contribution in [0.1, 0.15) is 30.9 Å². The fourth-order valence-electron chi connectivity index (χ4n) is 4.29. The quantitative estimate of drug-likeness (QED) is 0.642. The first-order chi connectivity index (χ1) is 15.1. The van der Waals surface area contributed by atoms with Gasteiger partial charge in [-0.05, 0) is 43.2 Å². The Morgan fingerprint density at radius 3 is 2.65 bits per heavy atom. The number of benzene rings is 2. The van der Waals surface area contributed by atoms with E-state index in [2.05, 4.69) is 5.32 Å². The predicted molar refractivity (Wildman–Crippen MR) is 118 cm³/mol. The summed E-state index contributed by atoms with van der Waals surface area (Å²) in [5.74, 6) is 2.43. The second-order valence-corrected chi connectivity index (χ2v) is 7.93. The maximum absolute atomic E-state index is 13.0. The van der Waals surface area contributed by atoms with E-state index < -0.39 is 6.04 Å².